The highest BCUT2D eigenvalue weighted by atomic mass is 32.1. The normalized spacial score (nSPS) is 11.2. The fourth-order valence-corrected chi connectivity index (χ4v) is 1.97. The highest BCUT2D eigenvalue weighted by Gasteiger charge is 2.08. The first-order chi connectivity index (χ1) is 9.68. The topological polar surface area (TPSA) is 59.0 Å². The third-order valence-electron chi connectivity index (χ3n) is 2.84. The molecular weight excluding hydrogens is 274 g/mol. The summed E-state index contributed by atoms with van der Waals surface area (Å²) in [6.45, 7) is 2.91. The number of aromatic nitrogens is 4. The van der Waals surface area contributed by atoms with Gasteiger partial charge in [-0.15, -0.1) is 0 Å². The SMILES string of the molecule is CN(C)CCOCCn1c(-c2ccncc2)n[nH]c1=S. The molecule has 0 aliphatic rings. The van der Waals surface area contributed by atoms with E-state index < -0.39 is 0 Å². The molecule has 6 nitrogen and oxygen atoms in total. The number of pyridine rings is 1. The Balaban J connectivity index is 1.98. The Bertz CT molecular complexity index is 578. The minimum atomic E-state index is 0.605. The third kappa shape index (κ3) is 3.96. The molecule has 2 heterocycles. The van der Waals surface area contributed by atoms with E-state index in [-0.39, 0.29) is 0 Å². The molecule has 20 heavy (non-hydrogen) atoms. The molecular formula is C13H19N5OS. The number of nitrogens with one attached hydrogen (secondary N) is 1. The summed E-state index contributed by atoms with van der Waals surface area (Å²) in [5.74, 6) is 0.814. The van der Waals surface area contributed by atoms with Crippen molar-refractivity contribution in [1.29, 1.82) is 0 Å². The summed E-state index contributed by atoms with van der Waals surface area (Å²) in [7, 11) is 4.05. The fourth-order valence-electron chi connectivity index (χ4n) is 1.75. The van der Waals surface area contributed by atoms with E-state index >= 15 is 0 Å². The van der Waals surface area contributed by atoms with E-state index in [4.69, 9.17) is 17.0 Å². The summed E-state index contributed by atoms with van der Waals surface area (Å²) in [6.07, 6.45) is 3.48. The van der Waals surface area contributed by atoms with Gasteiger partial charge in [-0.25, -0.2) is 0 Å². The Morgan fingerprint density at radius 1 is 1.30 bits per heavy atom. The zero-order chi connectivity index (χ0) is 14.4. The number of hydrogen-bond donors (Lipinski definition) is 1. The second-order valence-corrected chi connectivity index (χ2v) is 5.04. The predicted octanol–water partition coefficient (Wildman–Crippen LogP) is 1.58. The van der Waals surface area contributed by atoms with Crippen LogP contribution in [-0.4, -0.2) is 58.5 Å². The number of likely N-dealkylation sites (N-methyl/N-ethyl adjacent to an activating group) is 1. The highest BCUT2D eigenvalue weighted by Crippen LogP contribution is 2.15. The second kappa shape index (κ2) is 7.28. The van der Waals surface area contributed by atoms with Crippen LogP contribution in [0.15, 0.2) is 24.5 Å². The van der Waals surface area contributed by atoms with E-state index in [9.17, 15) is 0 Å². The van der Waals surface area contributed by atoms with Gasteiger partial charge in [-0.05, 0) is 38.4 Å². The first-order valence-electron chi connectivity index (χ1n) is 6.46. The van der Waals surface area contributed by atoms with Crippen molar-refractivity contribution in [3.63, 3.8) is 0 Å². The van der Waals surface area contributed by atoms with Crippen molar-refractivity contribution in [2.45, 2.75) is 6.54 Å². The van der Waals surface area contributed by atoms with Crippen LogP contribution < -0.4 is 0 Å². The van der Waals surface area contributed by atoms with Crippen LogP contribution in [0.5, 0.6) is 0 Å². The summed E-state index contributed by atoms with van der Waals surface area (Å²) in [4.78, 5) is 6.10. The standard InChI is InChI=1S/C13H19N5OS/c1-17(2)7-9-19-10-8-18-12(15-16-13(18)20)11-3-5-14-6-4-11/h3-6H,7-10H2,1-2H3,(H,16,20). The lowest BCUT2D eigenvalue weighted by Gasteiger charge is -2.11. The molecule has 2 rings (SSSR count). The maximum atomic E-state index is 5.60. The molecule has 0 bridgehead atoms. The number of aromatic amines is 1. The Morgan fingerprint density at radius 3 is 2.75 bits per heavy atom. The summed E-state index contributed by atoms with van der Waals surface area (Å²) in [5, 5.41) is 7.09. The van der Waals surface area contributed by atoms with Gasteiger partial charge in [0.1, 0.15) is 0 Å². The molecule has 0 saturated heterocycles. The molecule has 0 aliphatic heterocycles. The van der Waals surface area contributed by atoms with Gasteiger partial charge in [0.25, 0.3) is 0 Å². The third-order valence-corrected chi connectivity index (χ3v) is 3.15. The molecule has 1 N–H and O–H groups in total. The smallest absolute Gasteiger partial charge is 0.195 e. The summed E-state index contributed by atoms with van der Waals surface area (Å²) in [5.41, 5.74) is 0.987. The van der Waals surface area contributed by atoms with Crippen LogP contribution in [-0.2, 0) is 11.3 Å². The number of hydrogen-bond acceptors (Lipinski definition) is 5. The Labute approximate surface area is 123 Å². The maximum absolute atomic E-state index is 5.60. The first-order valence-corrected chi connectivity index (χ1v) is 6.87. The number of rotatable bonds is 7. The minimum absolute atomic E-state index is 0.605. The molecule has 0 aromatic carbocycles. The summed E-state index contributed by atoms with van der Waals surface area (Å²) < 4.78 is 8.15. The molecule has 0 spiro atoms. The molecule has 7 heteroatoms. The highest BCUT2D eigenvalue weighted by molar-refractivity contribution is 7.71. The average molecular weight is 293 g/mol. The average Bonchev–Trinajstić information content (AvgIpc) is 2.80. The van der Waals surface area contributed by atoms with Crippen molar-refractivity contribution < 1.29 is 4.74 Å². The Hall–Kier alpha value is -1.57. The van der Waals surface area contributed by atoms with Crippen LogP contribution in [0, 0.1) is 4.77 Å². The van der Waals surface area contributed by atoms with Gasteiger partial charge in [0.2, 0.25) is 0 Å². The lowest BCUT2D eigenvalue weighted by atomic mass is 10.2. The largest absolute Gasteiger partial charge is 0.378 e. The zero-order valence-electron chi connectivity index (χ0n) is 11.7. The Morgan fingerprint density at radius 2 is 2.05 bits per heavy atom. The van der Waals surface area contributed by atoms with Crippen LogP contribution in [0.25, 0.3) is 11.4 Å². The van der Waals surface area contributed by atoms with Crippen LogP contribution >= 0.6 is 12.2 Å². The molecule has 108 valence electrons. The lowest BCUT2D eigenvalue weighted by Crippen LogP contribution is -2.19. The van der Waals surface area contributed by atoms with Gasteiger partial charge in [-0.2, -0.15) is 5.10 Å². The van der Waals surface area contributed by atoms with Gasteiger partial charge in [-0.3, -0.25) is 14.6 Å². The molecule has 2 aromatic heterocycles. The van der Waals surface area contributed by atoms with Crippen LogP contribution in [0.1, 0.15) is 0 Å². The zero-order valence-corrected chi connectivity index (χ0v) is 12.6. The van der Waals surface area contributed by atoms with Gasteiger partial charge in [0, 0.05) is 24.5 Å². The van der Waals surface area contributed by atoms with E-state index in [0.717, 1.165) is 17.9 Å². The van der Waals surface area contributed by atoms with Crippen molar-refractivity contribution >= 4 is 12.2 Å². The first kappa shape index (κ1) is 14.8. The van der Waals surface area contributed by atoms with Crippen molar-refractivity contribution in [2.24, 2.45) is 0 Å². The molecule has 0 amide bonds. The van der Waals surface area contributed by atoms with E-state index in [1.54, 1.807) is 12.4 Å². The monoisotopic (exact) mass is 293 g/mol. The fraction of sp³-hybridized carbons (Fsp3) is 0.462. The number of ether oxygens (including phenoxy) is 1. The molecule has 0 radical (unpaired) electrons. The van der Waals surface area contributed by atoms with Gasteiger partial charge in [-0.1, -0.05) is 0 Å². The second-order valence-electron chi connectivity index (χ2n) is 4.66. The van der Waals surface area contributed by atoms with Gasteiger partial charge in [0.05, 0.1) is 19.8 Å². The maximum Gasteiger partial charge on any atom is 0.195 e. The van der Waals surface area contributed by atoms with Crippen molar-refractivity contribution in [2.75, 3.05) is 33.9 Å². The van der Waals surface area contributed by atoms with E-state index in [1.165, 1.54) is 0 Å². The molecule has 0 saturated carbocycles. The van der Waals surface area contributed by atoms with Crippen molar-refractivity contribution in [1.82, 2.24) is 24.6 Å². The predicted molar refractivity (Wildman–Crippen MR) is 80.0 cm³/mol. The number of H-pyrrole nitrogens is 1. The van der Waals surface area contributed by atoms with Gasteiger partial charge < -0.3 is 9.64 Å². The minimum Gasteiger partial charge on any atom is -0.378 e. The van der Waals surface area contributed by atoms with Crippen molar-refractivity contribution in [3.8, 4) is 11.4 Å². The molecule has 0 fully saturated rings. The summed E-state index contributed by atoms with van der Waals surface area (Å²) >= 11 is 5.26. The quantitative estimate of drug-likeness (QED) is 0.620. The van der Waals surface area contributed by atoms with Crippen molar-refractivity contribution in [3.05, 3.63) is 29.3 Å². The molecule has 0 atom stereocenters. The Kier molecular flexibility index (Phi) is 5.40. The van der Waals surface area contributed by atoms with E-state index in [2.05, 4.69) is 20.1 Å². The van der Waals surface area contributed by atoms with Crippen LogP contribution in [0.4, 0.5) is 0 Å². The molecule has 0 aliphatic carbocycles. The van der Waals surface area contributed by atoms with Gasteiger partial charge >= 0.3 is 0 Å². The van der Waals surface area contributed by atoms with E-state index in [0.29, 0.717) is 24.5 Å². The number of nitrogens with zero attached hydrogens (tertiary/aromatic N) is 4. The molecule has 2 aromatic rings. The van der Waals surface area contributed by atoms with Gasteiger partial charge in [0.15, 0.2) is 10.6 Å². The van der Waals surface area contributed by atoms with Crippen LogP contribution in [0.2, 0.25) is 0 Å². The summed E-state index contributed by atoms with van der Waals surface area (Å²) in [6, 6.07) is 3.82. The lowest BCUT2D eigenvalue weighted by molar-refractivity contribution is 0.111. The van der Waals surface area contributed by atoms with E-state index in [1.807, 2.05) is 30.8 Å². The molecule has 0 unspecified atom stereocenters. The van der Waals surface area contributed by atoms with Crippen LogP contribution in [0.3, 0.4) is 0 Å².